The maximum Gasteiger partial charge on any atom is 0.326 e. The number of hydrogen-bond donors (Lipinski definition) is 3. The first-order valence-corrected chi connectivity index (χ1v) is 7.07. The lowest BCUT2D eigenvalue weighted by molar-refractivity contribution is -0.145. The molecule has 2 rings (SSSR count). The molecule has 1 saturated heterocycles. The monoisotopic (exact) mass is 268 g/mol. The average Bonchev–Trinajstić information content (AvgIpc) is 2.84. The normalized spacial score (nSPS) is 31.8. The Morgan fingerprint density at radius 3 is 2.58 bits per heavy atom. The van der Waals surface area contributed by atoms with Crippen molar-refractivity contribution < 1.29 is 14.7 Å². The van der Waals surface area contributed by atoms with Crippen LogP contribution in [0.1, 0.15) is 40.0 Å². The fourth-order valence-corrected chi connectivity index (χ4v) is 3.36. The van der Waals surface area contributed by atoms with Crippen LogP contribution in [0.3, 0.4) is 0 Å². The molecule has 2 fully saturated rings. The van der Waals surface area contributed by atoms with E-state index in [0.717, 1.165) is 13.0 Å². The maximum atomic E-state index is 12.3. The van der Waals surface area contributed by atoms with Crippen LogP contribution < -0.4 is 10.6 Å². The number of nitrogens with one attached hydrogen (secondary N) is 2. The Morgan fingerprint density at radius 1 is 1.32 bits per heavy atom. The van der Waals surface area contributed by atoms with Gasteiger partial charge in [-0.05, 0) is 36.6 Å². The standard InChI is InChI=1S/C14H24N2O3/c1-14(2,3)11(13(18)19)16-12(17)10-9-6-4-5-8(9)7-15-10/h8-11,15H,4-7H2,1-3H3,(H,16,17)(H,18,19)/t8?,9?,10?,11-/m1/s1. The van der Waals surface area contributed by atoms with Crippen LogP contribution in [0, 0.1) is 17.3 Å². The molecule has 19 heavy (non-hydrogen) atoms. The van der Waals surface area contributed by atoms with Crippen LogP contribution >= 0.6 is 0 Å². The Balaban J connectivity index is 2.02. The summed E-state index contributed by atoms with van der Waals surface area (Å²) in [6, 6.07) is -1.06. The lowest BCUT2D eigenvalue weighted by Crippen LogP contribution is -2.54. The zero-order chi connectivity index (χ0) is 14.2. The number of amides is 1. The molecule has 1 aliphatic carbocycles. The first-order chi connectivity index (χ1) is 8.80. The highest BCUT2D eigenvalue weighted by Gasteiger charge is 2.44. The lowest BCUT2D eigenvalue weighted by Gasteiger charge is -2.29. The van der Waals surface area contributed by atoms with E-state index < -0.39 is 17.4 Å². The molecule has 3 unspecified atom stereocenters. The molecular weight excluding hydrogens is 244 g/mol. The van der Waals surface area contributed by atoms with Crippen molar-refractivity contribution >= 4 is 11.9 Å². The number of carboxylic acid groups (broad SMARTS) is 1. The first-order valence-electron chi connectivity index (χ1n) is 7.07. The summed E-state index contributed by atoms with van der Waals surface area (Å²) in [5.74, 6) is -0.151. The summed E-state index contributed by atoms with van der Waals surface area (Å²) in [6.07, 6.45) is 3.44. The van der Waals surface area contributed by atoms with Crippen molar-refractivity contribution in [2.24, 2.45) is 17.3 Å². The zero-order valence-corrected chi connectivity index (χ0v) is 11.9. The van der Waals surface area contributed by atoms with Gasteiger partial charge < -0.3 is 15.7 Å². The molecular formula is C14H24N2O3. The van der Waals surface area contributed by atoms with Crippen molar-refractivity contribution in [3.8, 4) is 0 Å². The molecule has 4 atom stereocenters. The Labute approximate surface area is 114 Å². The van der Waals surface area contributed by atoms with Crippen LogP contribution in [0.5, 0.6) is 0 Å². The number of carboxylic acids is 1. The van der Waals surface area contributed by atoms with E-state index in [1.54, 1.807) is 0 Å². The van der Waals surface area contributed by atoms with E-state index in [-0.39, 0.29) is 11.9 Å². The molecule has 5 heteroatoms. The molecule has 0 spiro atoms. The lowest BCUT2D eigenvalue weighted by atomic mass is 9.86. The second-order valence-corrected chi connectivity index (χ2v) is 6.89. The van der Waals surface area contributed by atoms with Gasteiger partial charge in [-0.25, -0.2) is 4.79 Å². The topological polar surface area (TPSA) is 78.4 Å². The van der Waals surface area contributed by atoms with E-state index >= 15 is 0 Å². The van der Waals surface area contributed by atoms with Crippen LogP contribution in [0.15, 0.2) is 0 Å². The van der Waals surface area contributed by atoms with Crippen LogP contribution in [0.2, 0.25) is 0 Å². The summed E-state index contributed by atoms with van der Waals surface area (Å²) >= 11 is 0. The zero-order valence-electron chi connectivity index (χ0n) is 11.9. The third kappa shape index (κ3) is 2.91. The van der Waals surface area contributed by atoms with Gasteiger partial charge in [0, 0.05) is 0 Å². The van der Waals surface area contributed by atoms with Gasteiger partial charge in [0.25, 0.3) is 0 Å². The number of carbonyl (C=O) groups is 2. The van der Waals surface area contributed by atoms with Gasteiger partial charge >= 0.3 is 5.97 Å². The van der Waals surface area contributed by atoms with Gasteiger partial charge in [0.2, 0.25) is 5.91 Å². The van der Waals surface area contributed by atoms with E-state index in [0.29, 0.717) is 11.8 Å². The Bertz CT molecular complexity index is 375. The molecule has 0 aromatic heterocycles. The van der Waals surface area contributed by atoms with Crippen LogP contribution in [0.4, 0.5) is 0 Å². The van der Waals surface area contributed by atoms with Crippen LogP contribution in [-0.4, -0.2) is 35.6 Å². The molecule has 108 valence electrons. The van der Waals surface area contributed by atoms with Crippen molar-refractivity contribution in [1.29, 1.82) is 0 Å². The van der Waals surface area contributed by atoms with Crippen LogP contribution in [-0.2, 0) is 9.59 Å². The maximum absolute atomic E-state index is 12.3. The summed E-state index contributed by atoms with van der Waals surface area (Å²) in [4.78, 5) is 23.6. The van der Waals surface area contributed by atoms with Gasteiger partial charge in [0.05, 0.1) is 6.04 Å². The van der Waals surface area contributed by atoms with Crippen molar-refractivity contribution in [2.45, 2.75) is 52.1 Å². The number of hydrogen-bond acceptors (Lipinski definition) is 3. The van der Waals surface area contributed by atoms with Crippen LogP contribution in [0.25, 0.3) is 0 Å². The van der Waals surface area contributed by atoms with Gasteiger partial charge in [-0.15, -0.1) is 0 Å². The van der Waals surface area contributed by atoms with E-state index in [4.69, 9.17) is 0 Å². The smallest absolute Gasteiger partial charge is 0.326 e. The largest absolute Gasteiger partial charge is 0.480 e. The van der Waals surface area contributed by atoms with E-state index in [9.17, 15) is 14.7 Å². The van der Waals surface area contributed by atoms with E-state index in [1.807, 2.05) is 20.8 Å². The Kier molecular flexibility index (Phi) is 3.85. The van der Waals surface area contributed by atoms with Gasteiger partial charge in [-0.1, -0.05) is 27.2 Å². The predicted octanol–water partition coefficient (Wildman–Crippen LogP) is 0.990. The molecule has 1 heterocycles. The second kappa shape index (κ2) is 5.12. The quantitative estimate of drug-likeness (QED) is 0.713. The molecule has 0 aromatic carbocycles. The van der Waals surface area contributed by atoms with Gasteiger partial charge in [-0.2, -0.15) is 0 Å². The first kappa shape index (κ1) is 14.3. The molecule has 2 aliphatic rings. The fourth-order valence-electron chi connectivity index (χ4n) is 3.36. The predicted molar refractivity (Wildman–Crippen MR) is 71.6 cm³/mol. The third-order valence-electron chi connectivity index (χ3n) is 4.43. The summed E-state index contributed by atoms with van der Waals surface area (Å²) in [5.41, 5.74) is -0.491. The molecule has 3 N–H and O–H groups in total. The van der Waals surface area contributed by atoms with Crippen molar-refractivity contribution in [1.82, 2.24) is 10.6 Å². The second-order valence-electron chi connectivity index (χ2n) is 6.89. The molecule has 1 amide bonds. The molecule has 0 radical (unpaired) electrons. The number of fused-ring (bicyclic) bond motifs is 1. The molecule has 1 saturated carbocycles. The van der Waals surface area contributed by atoms with Gasteiger partial charge in [0.15, 0.2) is 0 Å². The number of carbonyl (C=O) groups excluding carboxylic acids is 1. The Hall–Kier alpha value is -1.10. The van der Waals surface area contributed by atoms with E-state index in [1.165, 1.54) is 12.8 Å². The average molecular weight is 268 g/mol. The number of rotatable bonds is 3. The van der Waals surface area contributed by atoms with E-state index in [2.05, 4.69) is 10.6 Å². The SMILES string of the molecule is CC(C)(C)[C@H](NC(=O)C1NCC2CCCC21)C(=O)O. The molecule has 1 aliphatic heterocycles. The minimum absolute atomic E-state index is 0.156. The minimum atomic E-state index is -0.971. The summed E-state index contributed by atoms with van der Waals surface area (Å²) in [6.45, 7) is 6.36. The molecule has 0 bridgehead atoms. The Morgan fingerprint density at radius 2 is 2.00 bits per heavy atom. The van der Waals surface area contributed by atoms with Crippen molar-refractivity contribution in [2.75, 3.05) is 6.54 Å². The van der Waals surface area contributed by atoms with Gasteiger partial charge in [0.1, 0.15) is 6.04 Å². The summed E-state index contributed by atoms with van der Waals surface area (Å²) in [5, 5.41) is 15.2. The fraction of sp³-hybridized carbons (Fsp3) is 0.857. The summed E-state index contributed by atoms with van der Waals surface area (Å²) in [7, 11) is 0. The summed E-state index contributed by atoms with van der Waals surface area (Å²) < 4.78 is 0. The number of aliphatic carboxylic acids is 1. The highest BCUT2D eigenvalue weighted by Crippen LogP contribution is 2.37. The van der Waals surface area contributed by atoms with Gasteiger partial charge in [-0.3, -0.25) is 4.79 Å². The molecule has 5 nitrogen and oxygen atoms in total. The highest BCUT2D eigenvalue weighted by atomic mass is 16.4. The minimum Gasteiger partial charge on any atom is -0.480 e. The third-order valence-corrected chi connectivity index (χ3v) is 4.43. The molecule has 0 aromatic rings. The van der Waals surface area contributed by atoms with Crippen molar-refractivity contribution in [3.63, 3.8) is 0 Å². The highest BCUT2D eigenvalue weighted by molar-refractivity contribution is 5.87. The van der Waals surface area contributed by atoms with Crippen molar-refractivity contribution in [3.05, 3.63) is 0 Å².